The lowest BCUT2D eigenvalue weighted by Crippen LogP contribution is -2.50. The second kappa shape index (κ2) is 10.5. The molecule has 4 nitrogen and oxygen atoms in total. The largest absolute Gasteiger partial charge is 0.354 e. The molecule has 1 unspecified atom stereocenters. The maximum atomic E-state index is 13.1. The van der Waals surface area contributed by atoms with Crippen molar-refractivity contribution in [3.63, 3.8) is 0 Å². The van der Waals surface area contributed by atoms with E-state index in [9.17, 15) is 9.59 Å². The van der Waals surface area contributed by atoms with Gasteiger partial charge in [-0.3, -0.25) is 9.59 Å². The molecular weight excluding hydrogens is 336 g/mol. The van der Waals surface area contributed by atoms with Crippen LogP contribution in [0.5, 0.6) is 0 Å². The third kappa shape index (κ3) is 6.55. The highest BCUT2D eigenvalue weighted by Crippen LogP contribution is 2.14. The number of hydrogen-bond acceptors (Lipinski definition) is 2. The summed E-state index contributed by atoms with van der Waals surface area (Å²) in [5, 5.41) is 2.99. The summed E-state index contributed by atoms with van der Waals surface area (Å²) in [6, 6.07) is 19.0. The van der Waals surface area contributed by atoms with Crippen molar-refractivity contribution in [1.29, 1.82) is 0 Å². The van der Waals surface area contributed by atoms with Gasteiger partial charge in [0.15, 0.2) is 0 Å². The molecule has 0 heterocycles. The van der Waals surface area contributed by atoms with E-state index in [0.717, 1.165) is 11.1 Å². The lowest BCUT2D eigenvalue weighted by Gasteiger charge is -2.31. The van der Waals surface area contributed by atoms with Crippen LogP contribution in [0, 0.1) is 5.92 Å². The Morgan fingerprint density at radius 3 is 2.00 bits per heavy atom. The van der Waals surface area contributed by atoms with E-state index in [1.54, 1.807) is 4.90 Å². The molecule has 2 aromatic rings. The van der Waals surface area contributed by atoms with Gasteiger partial charge in [-0.05, 0) is 23.5 Å². The third-order valence-corrected chi connectivity index (χ3v) is 4.46. The first-order chi connectivity index (χ1) is 13.0. The van der Waals surface area contributed by atoms with E-state index in [1.165, 1.54) is 0 Å². The Hall–Kier alpha value is -2.62. The molecule has 2 rings (SSSR count). The molecule has 0 saturated heterocycles. The molecule has 0 bridgehead atoms. The molecule has 0 spiro atoms. The van der Waals surface area contributed by atoms with Crippen molar-refractivity contribution in [2.75, 3.05) is 6.54 Å². The van der Waals surface area contributed by atoms with Crippen LogP contribution in [-0.4, -0.2) is 29.3 Å². The van der Waals surface area contributed by atoms with E-state index in [-0.39, 0.29) is 11.8 Å². The van der Waals surface area contributed by atoms with Crippen molar-refractivity contribution >= 4 is 11.8 Å². The molecule has 0 aliphatic heterocycles. The van der Waals surface area contributed by atoms with E-state index in [2.05, 4.69) is 19.2 Å². The highest BCUT2D eigenvalue weighted by Gasteiger charge is 2.28. The summed E-state index contributed by atoms with van der Waals surface area (Å²) in [5.74, 6) is 0.259. The number of amides is 2. The van der Waals surface area contributed by atoms with Gasteiger partial charge in [0.2, 0.25) is 11.8 Å². The normalized spacial score (nSPS) is 11.9. The van der Waals surface area contributed by atoms with E-state index in [1.807, 2.05) is 67.6 Å². The smallest absolute Gasteiger partial charge is 0.242 e. The molecule has 2 aromatic carbocycles. The van der Waals surface area contributed by atoms with Crippen LogP contribution in [0.1, 0.15) is 38.3 Å². The zero-order chi connectivity index (χ0) is 19.6. The van der Waals surface area contributed by atoms with Crippen LogP contribution in [-0.2, 0) is 22.6 Å². The summed E-state index contributed by atoms with van der Waals surface area (Å²) in [7, 11) is 0. The van der Waals surface area contributed by atoms with Gasteiger partial charge >= 0.3 is 0 Å². The van der Waals surface area contributed by atoms with Crippen molar-refractivity contribution in [3.8, 4) is 0 Å². The minimum absolute atomic E-state index is 0.0309. The zero-order valence-corrected chi connectivity index (χ0v) is 16.5. The number of carbonyl (C=O) groups is 2. The fourth-order valence-electron chi connectivity index (χ4n) is 2.99. The van der Waals surface area contributed by atoms with Crippen molar-refractivity contribution in [2.24, 2.45) is 5.92 Å². The Labute approximate surface area is 162 Å². The van der Waals surface area contributed by atoms with Crippen molar-refractivity contribution < 1.29 is 9.59 Å². The number of benzene rings is 2. The van der Waals surface area contributed by atoms with Gasteiger partial charge in [-0.15, -0.1) is 0 Å². The maximum Gasteiger partial charge on any atom is 0.242 e. The molecule has 1 atom stereocenters. The van der Waals surface area contributed by atoms with E-state index < -0.39 is 6.04 Å². The van der Waals surface area contributed by atoms with Gasteiger partial charge in [0.05, 0.1) is 6.42 Å². The van der Waals surface area contributed by atoms with Crippen molar-refractivity contribution in [3.05, 3.63) is 71.8 Å². The fraction of sp³-hybridized carbons (Fsp3) is 0.391. The highest BCUT2D eigenvalue weighted by atomic mass is 16.2. The summed E-state index contributed by atoms with van der Waals surface area (Å²) < 4.78 is 0. The van der Waals surface area contributed by atoms with Crippen LogP contribution in [0.3, 0.4) is 0 Å². The average Bonchev–Trinajstić information content (AvgIpc) is 2.67. The first-order valence-electron chi connectivity index (χ1n) is 9.66. The first kappa shape index (κ1) is 20.7. The number of carbonyl (C=O) groups excluding carboxylic acids is 2. The Morgan fingerprint density at radius 2 is 1.48 bits per heavy atom. The number of hydrogen-bond donors (Lipinski definition) is 1. The molecule has 0 radical (unpaired) electrons. The quantitative estimate of drug-likeness (QED) is 0.734. The van der Waals surface area contributed by atoms with Crippen LogP contribution in [0.4, 0.5) is 0 Å². The lowest BCUT2D eigenvalue weighted by atomic mass is 10.1. The molecule has 0 saturated carbocycles. The van der Waals surface area contributed by atoms with Gasteiger partial charge in [0.1, 0.15) is 6.04 Å². The minimum Gasteiger partial charge on any atom is -0.354 e. The Balaban J connectivity index is 2.21. The second-order valence-corrected chi connectivity index (χ2v) is 7.23. The average molecular weight is 367 g/mol. The predicted molar refractivity (Wildman–Crippen MR) is 109 cm³/mol. The molecule has 144 valence electrons. The molecule has 0 aromatic heterocycles. The van der Waals surface area contributed by atoms with Crippen LogP contribution >= 0.6 is 0 Å². The number of nitrogens with zero attached hydrogens (tertiary/aromatic N) is 1. The first-order valence-corrected chi connectivity index (χ1v) is 9.66. The second-order valence-electron chi connectivity index (χ2n) is 7.23. The summed E-state index contributed by atoms with van der Waals surface area (Å²) in [6.07, 6.45) is 0.874. The van der Waals surface area contributed by atoms with Gasteiger partial charge in [-0.25, -0.2) is 0 Å². The Bertz CT molecular complexity index is 714. The molecule has 27 heavy (non-hydrogen) atoms. The topological polar surface area (TPSA) is 49.4 Å². The van der Waals surface area contributed by atoms with Crippen LogP contribution in [0.15, 0.2) is 60.7 Å². The standard InChI is InChI=1S/C23H30N2O2/c1-4-21(23(27)24-16-18(2)3)25(17-20-13-9-6-10-14-20)22(26)15-19-11-7-5-8-12-19/h5-14,18,21H,4,15-17H2,1-3H3,(H,24,27). The molecule has 4 heteroatoms. The van der Waals surface area contributed by atoms with Crippen molar-refractivity contribution in [1.82, 2.24) is 10.2 Å². The van der Waals surface area contributed by atoms with Gasteiger partial charge in [0.25, 0.3) is 0 Å². The van der Waals surface area contributed by atoms with Gasteiger partial charge in [0, 0.05) is 13.1 Å². The molecule has 2 amide bonds. The van der Waals surface area contributed by atoms with E-state index >= 15 is 0 Å². The minimum atomic E-state index is -0.472. The summed E-state index contributed by atoms with van der Waals surface area (Å²) in [5.41, 5.74) is 1.98. The predicted octanol–water partition coefficient (Wildman–Crippen LogP) is 3.81. The van der Waals surface area contributed by atoms with Gasteiger partial charge in [-0.2, -0.15) is 0 Å². The molecular formula is C23H30N2O2. The third-order valence-electron chi connectivity index (χ3n) is 4.46. The van der Waals surface area contributed by atoms with Crippen LogP contribution < -0.4 is 5.32 Å². The Morgan fingerprint density at radius 1 is 0.926 bits per heavy atom. The van der Waals surface area contributed by atoms with Crippen LogP contribution in [0.2, 0.25) is 0 Å². The molecule has 0 aliphatic rings. The van der Waals surface area contributed by atoms with Gasteiger partial charge in [-0.1, -0.05) is 81.4 Å². The van der Waals surface area contributed by atoms with E-state index in [0.29, 0.717) is 31.8 Å². The Kier molecular flexibility index (Phi) is 8.05. The summed E-state index contributed by atoms with van der Waals surface area (Å²) >= 11 is 0. The molecule has 1 N–H and O–H groups in total. The number of rotatable bonds is 9. The molecule has 0 fully saturated rings. The highest BCUT2D eigenvalue weighted by molar-refractivity contribution is 5.88. The SMILES string of the molecule is CCC(C(=O)NCC(C)C)N(Cc1ccccc1)C(=O)Cc1ccccc1. The number of nitrogens with one attached hydrogen (secondary N) is 1. The van der Waals surface area contributed by atoms with Crippen molar-refractivity contribution in [2.45, 2.75) is 46.2 Å². The van der Waals surface area contributed by atoms with Crippen LogP contribution in [0.25, 0.3) is 0 Å². The fourth-order valence-corrected chi connectivity index (χ4v) is 2.99. The van der Waals surface area contributed by atoms with Gasteiger partial charge < -0.3 is 10.2 Å². The molecule has 0 aliphatic carbocycles. The zero-order valence-electron chi connectivity index (χ0n) is 16.5. The maximum absolute atomic E-state index is 13.1. The lowest BCUT2D eigenvalue weighted by molar-refractivity contribution is -0.141. The van der Waals surface area contributed by atoms with E-state index in [4.69, 9.17) is 0 Å². The summed E-state index contributed by atoms with van der Waals surface area (Å²) in [4.78, 5) is 27.6. The monoisotopic (exact) mass is 366 g/mol. The summed E-state index contributed by atoms with van der Waals surface area (Å²) in [6.45, 7) is 7.11.